The number of aromatic nitrogens is 2. The van der Waals surface area contributed by atoms with Crippen LogP contribution in [0, 0.1) is 11.6 Å². The number of piperidine rings is 1. The lowest BCUT2D eigenvalue weighted by atomic mass is 10.0. The molecule has 6 heteroatoms. The fraction of sp³-hybridized carbons (Fsp3) is 0.316. The van der Waals surface area contributed by atoms with Gasteiger partial charge in [-0.05, 0) is 36.6 Å². The number of β-amino-alcohol motifs (C(OH)–C–C–N with tert-alkyl or cyclic N) is 1. The van der Waals surface area contributed by atoms with Crippen LogP contribution in [-0.2, 0) is 6.54 Å². The van der Waals surface area contributed by atoms with Gasteiger partial charge < -0.3 is 5.11 Å². The minimum atomic E-state index is -0.656. The van der Waals surface area contributed by atoms with Gasteiger partial charge in [0.2, 0.25) is 0 Å². The molecule has 1 aliphatic heterocycles. The minimum Gasteiger partial charge on any atom is -0.392 e. The molecule has 0 aliphatic carbocycles. The van der Waals surface area contributed by atoms with Crippen molar-refractivity contribution in [3.63, 3.8) is 0 Å². The standard InChI is InChI=1S/C19H19F2N3O/c20-15-8-18(21)19-17(9-22-24(19)11-15)14-4-1-3-13(7-14)10-23-6-2-5-16(25)12-23/h1,3-4,7-9,11,16,25H,2,5-6,10,12H2. The highest BCUT2D eigenvalue weighted by Gasteiger charge is 2.18. The highest BCUT2D eigenvalue weighted by Crippen LogP contribution is 2.28. The normalized spacial score (nSPS) is 18.8. The molecule has 0 radical (unpaired) electrons. The van der Waals surface area contributed by atoms with Crippen LogP contribution in [0.1, 0.15) is 18.4 Å². The molecule has 0 spiro atoms. The number of aliphatic hydroxyl groups is 1. The van der Waals surface area contributed by atoms with Crippen molar-refractivity contribution in [2.45, 2.75) is 25.5 Å². The third-order valence-corrected chi connectivity index (χ3v) is 4.66. The molecule has 130 valence electrons. The number of halogens is 2. The maximum atomic E-state index is 14.2. The smallest absolute Gasteiger partial charge is 0.152 e. The molecule has 1 N–H and O–H groups in total. The van der Waals surface area contributed by atoms with E-state index >= 15 is 0 Å². The summed E-state index contributed by atoms with van der Waals surface area (Å²) in [5.74, 6) is -1.28. The number of likely N-dealkylation sites (tertiary alicyclic amines) is 1. The zero-order valence-electron chi connectivity index (χ0n) is 13.7. The van der Waals surface area contributed by atoms with Crippen LogP contribution >= 0.6 is 0 Å². The van der Waals surface area contributed by atoms with Crippen LogP contribution in [-0.4, -0.2) is 38.8 Å². The molecule has 1 fully saturated rings. The van der Waals surface area contributed by atoms with Gasteiger partial charge in [0.15, 0.2) is 5.82 Å². The van der Waals surface area contributed by atoms with Crippen molar-refractivity contribution < 1.29 is 13.9 Å². The molecule has 0 saturated carbocycles. The van der Waals surface area contributed by atoms with Crippen LogP contribution < -0.4 is 0 Å². The third-order valence-electron chi connectivity index (χ3n) is 4.66. The van der Waals surface area contributed by atoms with E-state index in [0.29, 0.717) is 12.1 Å². The Hall–Kier alpha value is -2.31. The SMILES string of the molecule is OC1CCCN(Cc2cccc(-c3cnn4cc(F)cc(F)c34)c2)C1. The van der Waals surface area contributed by atoms with E-state index in [1.54, 1.807) is 6.20 Å². The van der Waals surface area contributed by atoms with Crippen LogP contribution in [0.3, 0.4) is 0 Å². The van der Waals surface area contributed by atoms with Crippen LogP contribution in [0.4, 0.5) is 8.78 Å². The molecular weight excluding hydrogens is 324 g/mol. The Morgan fingerprint density at radius 3 is 2.96 bits per heavy atom. The average molecular weight is 343 g/mol. The van der Waals surface area contributed by atoms with Crippen LogP contribution in [0.25, 0.3) is 16.6 Å². The second-order valence-electron chi connectivity index (χ2n) is 6.59. The first kappa shape index (κ1) is 16.2. The summed E-state index contributed by atoms with van der Waals surface area (Å²) in [5.41, 5.74) is 2.84. The third kappa shape index (κ3) is 3.27. The minimum absolute atomic E-state index is 0.263. The highest BCUT2D eigenvalue weighted by molar-refractivity contribution is 5.80. The lowest BCUT2D eigenvalue weighted by Crippen LogP contribution is -2.37. The molecule has 2 aromatic heterocycles. The predicted octanol–water partition coefficient (Wildman–Crippen LogP) is 3.24. The Kier molecular flexibility index (Phi) is 4.23. The van der Waals surface area contributed by atoms with Crippen molar-refractivity contribution in [3.8, 4) is 11.1 Å². The monoisotopic (exact) mass is 343 g/mol. The van der Waals surface area contributed by atoms with E-state index in [0.717, 1.165) is 43.1 Å². The average Bonchev–Trinajstić information content (AvgIpc) is 2.99. The van der Waals surface area contributed by atoms with Gasteiger partial charge in [0, 0.05) is 24.7 Å². The van der Waals surface area contributed by atoms with E-state index < -0.39 is 11.6 Å². The number of hydrogen-bond donors (Lipinski definition) is 1. The lowest BCUT2D eigenvalue weighted by molar-refractivity contribution is 0.0668. The number of fused-ring (bicyclic) bond motifs is 1. The van der Waals surface area contributed by atoms with Gasteiger partial charge in [-0.3, -0.25) is 4.90 Å². The maximum absolute atomic E-state index is 14.2. The van der Waals surface area contributed by atoms with Crippen LogP contribution in [0.2, 0.25) is 0 Å². The number of hydrogen-bond acceptors (Lipinski definition) is 3. The predicted molar refractivity (Wildman–Crippen MR) is 91.1 cm³/mol. The summed E-state index contributed by atoms with van der Waals surface area (Å²) in [6.07, 6.45) is 4.31. The number of aliphatic hydroxyl groups excluding tert-OH is 1. The van der Waals surface area contributed by atoms with Gasteiger partial charge in [0.25, 0.3) is 0 Å². The quantitative estimate of drug-likeness (QED) is 0.794. The molecule has 0 amide bonds. The molecule has 3 aromatic rings. The van der Waals surface area contributed by atoms with Gasteiger partial charge in [-0.1, -0.05) is 18.2 Å². The topological polar surface area (TPSA) is 40.8 Å². The Morgan fingerprint density at radius 2 is 2.12 bits per heavy atom. The summed E-state index contributed by atoms with van der Waals surface area (Å²) in [5, 5.41) is 13.9. The van der Waals surface area contributed by atoms with Gasteiger partial charge in [-0.15, -0.1) is 0 Å². The largest absolute Gasteiger partial charge is 0.392 e. The molecule has 1 atom stereocenters. The Balaban J connectivity index is 1.66. The Bertz CT molecular complexity index is 909. The van der Waals surface area contributed by atoms with E-state index in [1.165, 1.54) is 10.7 Å². The van der Waals surface area contributed by atoms with Crippen LogP contribution in [0.15, 0.2) is 42.7 Å². The van der Waals surface area contributed by atoms with Crippen molar-refractivity contribution in [1.29, 1.82) is 0 Å². The van der Waals surface area contributed by atoms with Gasteiger partial charge in [0.05, 0.1) is 18.5 Å². The Labute approximate surface area is 144 Å². The fourth-order valence-electron chi connectivity index (χ4n) is 3.52. The van der Waals surface area contributed by atoms with Crippen molar-refractivity contribution in [2.75, 3.05) is 13.1 Å². The molecule has 1 aromatic carbocycles. The lowest BCUT2D eigenvalue weighted by Gasteiger charge is -2.30. The van der Waals surface area contributed by atoms with Gasteiger partial charge in [-0.25, -0.2) is 13.3 Å². The molecule has 1 saturated heterocycles. The number of benzene rings is 1. The first-order chi connectivity index (χ1) is 12.1. The maximum Gasteiger partial charge on any atom is 0.152 e. The zero-order chi connectivity index (χ0) is 17.4. The van der Waals surface area contributed by atoms with Gasteiger partial charge in [0.1, 0.15) is 11.3 Å². The summed E-state index contributed by atoms with van der Waals surface area (Å²) >= 11 is 0. The highest BCUT2D eigenvalue weighted by atomic mass is 19.1. The first-order valence-corrected chi connectivity index (χ1v) is 8.42. The molecule has 3 heterocycles. The number of rotatable bonds is 3. The summed E-state index contributed by atoms with van der Waals surface area (Å²) in [6.45, 7) is 2.38. The first-order valence-electron chi connectivity index (χ1n) is 8.42. The van der Waals surface area contributed by atoms with Crippen molar-refractivity contribution in [3.05, 3.63) is 59.9 Å². The molecular formula is C19H19F2N3O. The second kappa shape index (κ2) is 6.54. The second-order valence-corrected chi connectivity index (χ2v) is 6.59. The van der Waals surface area contributed by atoms with Crippen molar-refractivity contribution in [1.82, 2.24) is 14.5 Å². The number of pyridine rings is 1. The van der Waals surface area contributed by atoms with Crippen molar-refractivity contribution in [2.24, 2.45) is 0 Å². The van der Waals surface area contributed by atoms with Crippen molar-refractivity contribution >= 4 is 5.52 Å². The van der Waals surface area contributed by atoms with E-state index in [9.17, 15) is 13.9 Å². The molecule has 4 nitrogen and oxygen atoms in total. The summed E-state index contributed by atoms with van der Waals surface area (Å²) < 4.78 is 28.8. The van der Waals surface area contributed by atoms with Crippen LogP contribution in [0.5, 0.6) is 0 Å². The summed E-state index contributed by atoms with van der Waals surface area (Å²) in [4.78, 5) is 2.22. The van der Waals surface area contributed by atoms with E-state index in [-0.39, 0.29) is 11.6 Å². The summed E-state index contributed by atoms with van der Waals surface area (Å²) in [7, 11) is 0. The van der Waals surface area contributed by atoms with E-state index in [1.807, 2.05) is 24.3 Å². The number of nitrogens with zero attached hydrogens (tertiary/aromatic N) is 3. The molecule has 25 heavy (non-hydrogen) atoms. The summed E-state index contributed by atoms with van der Waals surface area (Å²) in [6, 6.07) is 8.72. The fourth-order valence-corrected chi connectivity index (χ4v) is 3.52. The van der Waals surface area contributed by atoms with E-state index in [2.05, 4.69) is 10.00 Å². The van der Waals surface area contributed by atoms with Gasteiger partial charge in [-0.2, -0.15) is 5.10 Å². The van der Waals surface area contributed by atoms with E-state index in [4.69, 9.17) is 0 Å². The Morgan fingerprint density at radius 1 is 1.24 bits per heavy atom. The molecule has 1 aliphatic rings. The van der Waals surface area contributed by atoms with Gasteiger partial charge >= 0.3 is 0 Å². The molecule has 0 bridgehead atoms. The molecule has 4 rings (SSSR count). The zero-order valence-corrected chi connectivity index (χ0v) is 13.7. The molecule has 1 unspecified atom stereocenters.